The Hall–Kier alpha value is -2.19. The van der Waals surface area contributed by atoms with Crippen molar-refractivity contribution in [2.75, 3.05) is 12.4 Å². The molecule has 0 radical (unpaired) electrons. The molecular weight excluding hydrogens is 387 g/mol. The van der Waals surface area contributed by atoms with E-state index in [2.05, 4.69) is 9.97 Å². The average Bonchev–Trinajstić information content (AvgIpc) is 2.97. The number of thiophene rings is 1. The number of thioether (sulfide) groups is 1. The SMILES string of the molecule is CCCCOC(=O)CSc1nc2sc(C)c(-c3ccc(F)cc3)c2c(=O)[nH]1. The van der Waals surface area contributed by atoms with Gasteiger partial charge in [0.15, 0.2) is 5.16 Å². The number of halogens is 1. The highest BCUT2D eigenvalue weighted by atomic mass is 32.2. The number of ether oxygens (including phenoxy) is 1. The van der Waals surface area contributed by atoms with Gasteiger partial charge in [0.1, 0.15) is 10.6 Å². The highest BCUT2D eigenvalue weighted by Crippen LogP contribution is 2.36. The number of nitrogens with zero attached hydrogens (tertiary/aromatic N) is 1. The van der Waals surface area contributed by atoms with Gasteiger partial charge >= 0.3 is 5.97 Å². The number of H-pyrrole nitrogens is 1. The molecule has 0 amide bonds. The Morgan fingerprint density at radius 1 is 1.33 bits per heavy atom. The lowest BCUT2D eigenvalue weighted by Crippen LogP contribution is -2.12. The molecule has 0 aliphatic heterocycles. The van der Waals surface area contributed by atoms with Crippen LogP contribution in [0.2, 0.25) is 0 Å². The van der Waals surface area contributed by atoms with Crippen molar-refractivity contribution >= 4 is 39.3 Å². The van der Waals surface area contributed by atoms with Crippen molar-refractivity contribution in [1.29, 1.82) is 0 Å². The van der Waals surface area contributed by atoms with Crippen molar-refractivity contribution in [2.24, 2.45) is 0 Å². The number of hydrogen-bond donors (Lipinski definition) is 1. The summed E-state index contributed by atoms with van der Waals surface area (Å²) in [6, 6.07) is 6.04. The number of benzene rings is 1. The lowest BCUT2D eigenvalue weighted by Gasteiger charge is -2.04. The molecule has 142 valence electrons. The molecule has 0 fully saturated rings. The second-order valence-corrected chi connectivity index (χ2v) is 8.12. The zero-order valence-electron chi connectivity index (χ0n) is 15.0. The number of aryl methyl sites for hydroxylation is 1. The van der Waals surface area contributed by atoms with Crippen molar-refractivity contribution < 1.29 is 13.9 Å². The average molecular weight is 407 g/mol. The van der Waals surface area contributed by atoms with Crippen LogP contribution in [0.5, 0.6) is 0 Å². The van der Waals surface area contributed by atoms with Crippen LogP contribution in [0.25, 0.3) is 21.3 Å². The molecule has 5 nitrogen and oxygen atoms in total. The van der Waals surface area contributed by atoms with Crippen molar-refractivity contribution in [1.82, 2.24) is 9.97 Å². The second-order valence-electron chi connectivity index (χ2n) is 5.95. The molecule has 3 rings (SSSR count). The molecule has 0 atom stereocenters. The maximum absolute atomic E-state index is 13.2. The number of aromatic nitrogens is 2. The van der Waals surface area contributed by atoms with Crippen LogP contribution in [-0.4, -0.2) is 28.3 Å². The molecule has 2 heterocycles. The molecule has 3 aromatic rings. The second kappa shape index (κ2) is 8.67. The van der Waals surface area contributed by atoms with Gasteiger partial charge in [-0.3, -0.25) is 9.59 Å². The van der Waals surface area contributed by atoms with Gasteiger partial charge in [0.25, 0.3) is 5.56 Å². The number of aromatic amines is 1. The molecule has 8 heteroatoms. The molecule has 0 bridgehead atoms. The molecule has 0 saturated carbocycles. The Bertz CT molecular complexity index is 1010. The van der Waals surface area contributed by atoms with Crippen LogP contribution in [0.1, 0.15) is 24.6 Å². The van der Waals surface area contributed by atoms with Crippen molar-refractivity contribution in [3.05, 3.63) is 45.3 Å². The van der Waals surface area contributed by atoms with E-state index in [-0.39, 0.29) is 23.1 Å². The minimum atomic E-state index is -0.328. The maximum Gasteiger partial charge on any atom is 0.316 e. The first-order valence-electron chi connectivity index (χ1n) is 8.57. The zero-order valence-corrected chi connectivity index (χ0v) is 16.6. The third-order valence-electron chi connectivity index (χ3n) is 3.94. The Balaban J connectivity index is 1.85. The highest BCUT2D eigenvalue weighted by molar-refractivity contribution is 7.99. The van der Waals surface area contributed by atoms with Gasteiger partial charge in [0, 0.05) is 10.4 Å². The summed E-state index contributed by atoms with van der Waals surface area (Å²) in [5, 5.41) is 0.867. The standard InChI is InChI=1S/C19H19FN2O3S2/c1-3-4-9-25-14(23)10-26-19-21-17(24)16-15(11(2)27-18(16)22-19)12-5-7-13(20)8-6-12/h5-8H,3-4,9-10H2,1-2H3,(H,21,22,24). The van der Waals surface area contributed by atoms with E-state index in [1.807, 2.05) is 13.8 Å². The summed E-state index contributed by atoms with van der Waals surface area (Å²) in [5.74, 6) is -0.564. The van der Waals surface area contributed by atoms with E-state index in [1.54, 1.807) is 12.1 Å². The number of hydrogen-bond acceptors (Lipinski definition) is 6. The first-order valence-corrected chi connectivity index (χ1v) is 10.4. The quantitative estimate of drug-likeness (QED) is 0.270. The van der Waals surface area contributed by atoms with Gasteiger partial charge in [-0.25, -0.2) is 9.37 Å². The third kappa shape index (κ3) is 4.56. The predicted octanol–water partition coefficient (Wildman–Crippen LogP) is 4.53. The number of unbranched alkanes of at least 4 members (excludes halogenated alkanes) is 1. The normalized spacial score (nSPS) is 11.1. The first kappa shape index (κ1) is 19.6. The Morgan fingerprint density at radius 3 is 2.78 bits per heavy atom. The molecule has 1 aromatic carbocycles. The van der Waals surface area contributed by atoms with Gasteiger partial charge in [-0.15, -0.1) is 11.3 Å². The molecule has 2 aromatic heterocycles. The van der Waals surface area contributed by atoms with Crippen LogP contribution in [0.3, 0.4) is 0 Å². The number of esters is 1. The number of carbonyl (C=O) groups excluding carboxylic acids is 1. The lowest BCUT2D eigenvalue weighted by molar-refractivity contribution is -0.140. The summed E-state index contributed by atoms with van der Waals surface area (Å²) >= 11 is 2.55. The minimum absolute atomic E-state index is 0.0906. The Labute approximate surface area is 164 Å². The molecule has 0 unspecified atom stereocenters. The number of carbonyl (C=O) groups is 1. The minimum Gasteiger partial charge on any atom is -0.465 e. The molecule has 0 aliphatic carbocycles. The fourth-order valence-corrected chi connectivity index (χ4v) is 4.39. The lowest BCUT2D eigenvalue weighted by atomic mass is 10.0. The molecular formula is C19H19FN2O3S2. The van der Waals surface area contributed by atoms with E-state index in [0.29, 0.717) is 22.0 Å². The molecule has 0 aliphatic rings. The summed E-state index contributed by atoms with van der Waals surface area (Å²) in [6.07, 6.45) is 1.79. The number of nitrogens with one attached hydrogen (secondary N) is 1. The molecule has 1 N–H and O–H groups in total. The zero-order chi connectivity index (χ0) is 19.4. The van der Waals surface area contributed by atoms with Gasteiger partial charge in [-0.2, -0.15) is 0 Å². The number of fused-ring (bicyclic) bond motifs is 1. The molecule has 0 spiro atoms. The van der Waals surface area contributed by atoms with Crippen LogP contribution in [0.15, 0.2) is 34.2 Å². The van der Waals surface area contributed by atoms with Gasteiger partial charge < -0.3 is 9.72 Å². The monoisotopic (exact) mass is 406 g/mol. The van der Waals surface area contributed by atoms with E-state index < -0.39 is 0 Å². The first-order chi connectivity index (χ1) is 13.0. The maximum atomic E-state index is 13.2. The van der Waals surface area contributed by atoms with E-state index in [9.17, 15) is 14.0 Å². The van der Waals surface area contributed by atoms with Crippen LogP contribution < -0.4 is 5.56 Å². The van der Waals surface area contributed by atoms with Crippen LogP contribution in [0.4, 0.5) is 4.39 Å². The smallest absolute Gasteiger partial charge is 0.316 e. The van der Waals surface area contributed by atoms with Crippen LogP contribution in [0, 0.1) is 12.7 Å². The third-order valence-corrected chi connectivity index (χ3v) is 5.78. The van der Waals surface area contributed by atoms with Gasteiger partial charge in [-0.1, -0.05) is 37.2 Å². The van der Waals surface area contributed by atoms with E-state index in [0.717, 1.165) is 40.6 Å². The number of rotatable bonds is 7. The highest BCUT2D eigenvalue weighted by Gasteiger charge is 2.17. The van der Waals surface area contributed by atoms with Gasteiger partial charge in [-0.05, 0) is 31.0 Å². The summed E-state index contributed by atoms with van der Waals surface area (Å²) in [6.45, 7) is 4.34. The van der Waals surface area contributed by atoms with Crippen molar-refractivity contribution in [3.8, 4) is 11.1 Å². The van der Waals surface area contributed by atoms with Crippen molar-refractivity contribution in [3.63, 3.8) is 0 Å². The van der Waals surface area contributed by atoms with Crippen LogP contribution >= 0.6 is 23.1 Å². The summed E-state index contributed by atoms with van der Waals surface area (Å²) < 4.78 is 18.3. The molecule has 0 saturated heterocycles. The Morgan fingerprint density at radius 2 is 2.07 bits per heavy atom. The summed E-state index contributed by atoms with van der Waals surface area (Å²) in [5.41, 5.74) is 1.26. The summed E-state index contributed by atoms with van der Waals surface area (Å²) in [7, 11) is 0. The van der Waals surface area contributed by atoms with Crippen LogP contribution in [-0.2, 0) is 9.53 Å². The summed E-state index contributed by atoms with van der Waals surface area (Å²) in [4.78, 5) is 33.1. The topological polar surface area (TPSA) is 72.0 Å². The van der Waals surface area contributed by atoms with Gasteiger partial charge in [0.2, 0.25) is 0 Å². The van der Waals surface area contributed by atoms with E-state index in [1.165, 1.54) is 23.5 Å². The van der Waals surface area contributed by atoms with Gasteiger partial charge in [0.05, 0.1) is 17.7 Å². The largest absolute Gasteiger partial charge is 0.465 e. The van der Waals surface area contributed by atoms with E-state index >= 15 is 0 Å². The van der Waals surface area contributed by atoms with Crippen molar-refractivity contribution in [2.45, 2.75) is 31.8 Å². The Kier molecular flexibility index (Phi) is 6.28. The fourth-order valence-electron chi connectivity index (χ4n) is 2.63. The predicted molar refractivity (Wildman–Crippen MR) is 107 cm³/mol. The fraction of sp³-hybridized carbons (Fsp3) is 0.316. The van der Waals surface area contributed by atoms with E-state index in [4.69, 9.17) is 4.74 Å². The molecule has 27 heavy (non-hydrogen) atoms.